The van der Waals surface area contributed by atoms with E-state index in [0.29, 0.717) is 13.0 Å². The minimum absolute atomic E-state index is 0.0222. The summed E-state index contributed by atoms with van der Waals surface area (Å²) in [6.45, 7) is 9.96. The molecule has 0 spiro atoms. The number of rotatable bonds is 9. The molecule has 1 aromatic carbocycles. The summed E-state index contributed by atoms with van der Waals surface area (Å²) in [5, 5.41) is 0. The average molecular weight is 374 g/mol. The summed E-state index contributed by atoms with van der Waals surface area (Å²) in [5.74, 6) is 0.112. The van der Waals surface area contributed by atoms with Crippen molar-refractivity contribution in [3.63, 3.8) is 0 Å². The monoisotopic (exact) mass is 373 g/mol. The van der Waals surface area contributed by atoms with E-state index in [1.165, 1.54) is 24.9 Å². The molecule has 1 aliphatic rings. The third-order valence-corrected chi connectivity index (χ3v) is 5.15. The number of amides is 2. The molecule has 2 rings (SSSR count). The maximum Gasteiger partial charge on any atom is 0.224 e. The van der Waals surface area contributed by atoms with Crippen molar-refractivity contribution in [3.8, 4) is 0 Å². The molecular weight excluding hydrogens is 338 g/mol. The first-order chi connectivity index (χ1) is 13.1. The Morgan fingerprint density at radius 2 is 1.52 bits per heavy atom. The smallest absolute Gasteiger partial charge is 0.224 e. The highest BCUT2D eigenvalue weighted by molar-refractivity contribution is 5.92. The zero-order valence-corrected chi connectivity index (χ0v) is 17.2. The van der Waals surface area contributed by atoms with Gasteiger partial charge in [-0.15, -0.1) is 0 Å². The van der Waals surface area contributed by atoms with E-state index in [-0.39, 0.29) is 11.8 Å². The van der Waals surface area contributed by atoms with Gasteiger partial charge in [-0.1, -0.05) is 13.8 Å². The Kier molecular flexibility index (Phi) is 8.62. The van der Waals surface area contributed by atoms with Gasteiger partial charge in [0.2, 0.25) is 11.8 Å². The van der Waals surface area contributed by atoms with Crippen molar-refractivity contribution in [3.05, 3.63) is 24.3 Å². The van der Waals surface area contributed by atoms with Gasteiger partial charge in [-0.25, -0.2) is 0 Å². The van der Waals surface area contributed by atoms with Crippen LogP contribution in [0.1, 0.15) is 59.3 Å². The van der Waals surface area contributed by atoms with Gasteiger partial charge in [0.15, 0.2) is 0 Å². The van der Waals surface area contributed by atoms with Crippen molar-refractivity contribution in [1.82, 2.24) is 4.90 Å². The lowest BCUT2D eigenvalue weighted by atomic mass is 10.1. The highest BCUT2D eigenvalue weighted by Crippen LogP contribution is 2.24. The number of benzene rings is 1. The fourth-order valence-corrected chi connectivity index (χ4v) is 3.73. The topological polar surface area (TPSA) is 43.9 Å². The quantitative estimate of drug-likeness (QED) is 0.655. The average Bonchev–Trinajstić information content (AvgIpc) is 2.69. The van der Waals surface area contributed by atoms with Crippen LogP contribution in [0, 0.1) is 0 Å². The predicted molar refractivity (Wildman–Crippen MR) is 112 cm³/mol. The maximum atomic E-state index is 12.5. The molecule has 0 saturated carbocycles. The van der Waals surface area contributed by atoms with Crippen LogP contribution in [0.5, 0.6) is 0 Å². The molecule has 0 aliphatic carbocycles. The summed E-state index contributed by atoms with van der Waals surface area (Å²) in [7, 11) is 0. The van der Waals surface area contributed by atoms with E-state index < -0.39 is 0 Å². The van der Waals surface area contributed by atoms with Gasteiger partial charge in [-0.2, -0.15) is 0 Å². The Morgan fingerprint density at radius 1 is 0.926 bits per heavy atom. The Labute approximate surface area is 164 Å². The molecule has 150 valence electrons. The second-order valence-electron chi connectivity index (χ2n) is 7.37. The first kappa shape index (κ1) is 21.3. The minimum atomic E-state index is -0.0222. The maximum absolute atomic E-state index is 12.5. The van der Waals surface area contributed by atoms with Crippen LogP contribution in [0.4, 0.5) is 11.4 Å². The first-order valence-electron chi connectivity index (χ1n) is 10.5. The van der Waals surface area contributed by atoms with E-state index in [1.54, 1.807) is 11.8 Å². The van der Waals surface area contributed by atoms with Gasteiger partial charge in [0.05, 0.1) is 0 Å². The fraction of sp³-hybridized carbons (Fsp3) is 0.636. The van der Waals surface area contributed by atoms with Crippen molar-refractivity contribution in [2.75, 3.05) is 42.5 Å². The third-order valence-electron chi connectivity index (χ3n) is 5.15. The zero-order chi connectivity index (χ0) is 19.6. The standard InChI is InChI=1S/C22H35N3O2/c1-4-14-24(15-5-2)22(27)13-18-25(19(3)26)21-11-9-20(10-12-21)23-16-7-6-8-17-23/h9-12H,4-8,13-18H2,1-3H3. The van der Waals surface area contributed by atoms with Crippen LogP contribution in [-0.2, 0) is 9.59 Å². The minimum Gasteiger partial charge on any atom is -0.372 e. The summed E-state index contributed by atoms with van der Waals surface area (Å²) in [5.41, 5.74) is 2.09. The van der Waals surface area contributed by atoms with Crippen molar-refractivity contribution in [1.29, 1.82) is 0 Å². The van der Waals surface area contributed by atoms with Crippen molar-refractivity contribution >= 4 is 23.2 Å². The second kappa shape index (κ2) is 11.0. The molecule has 0 radical (unpaired) electrons. The molecule has 0 unspecified atom stereocenters. The second-order valence-corrected chi connectivity index (χ2v) is 7.37. The molecule has 1 aromatic rings. The zero-order valence-electron chi connectivity index (χ0n) is 17.2. The number of hydrogen-bond acceptors (Lipinski definition) is 3. The van der Waals surface area contributed by atoms with Gasteiger partial charge in [-0.3, -0.25) is 9.59 Å². The highest BCUT2D eigenvalue weighted by atomic mass is 16.2. The molecule has 0 aromatic heterocycles. The molecule has 0 N–H and O–H groups in total. The van der Waals surface area contributed by atoms with E-state index in [1.807, 2.05) is 17.0 Å². The molecule has 1 aliphatic heterocycles. The van der Waals surface area contributed by atoms with Crippen molar-refractivity contribution in [2.24, 2.45) is 0 Å². The molecule has 5 heteroatoms. The van der Waals surface area contributed by atoms with Crippen LogP contribution in [0.2, 0.25) is 0 Å². The Bertz CT molecular complexity index is 588. The lowest BCUT2D eigenvalue weighted by Gasteiger charge is -2.29. The molecule has 1 heterocycles. The molecule has 0 atom stereocenters. The van der Waals surface area contributed by atoms with Crippen molar-refractivity contribution < 1.29 is 9.59 Å². The number of hydrogen-bond donors (Lipinski definition) is 0. The van der Waals surface area contributed by atoms with Gasteiger partial charge in [0.25, 0.3) is 0 Å². The van der Waals surface area contributed by atoms with Gasteiger partial charge in [0, 0.05) is 57.4 Å². The van der Waals surface area contributed by atoms with Crippen LogP contribution in [0.25, 0.3) is 0 Å². The molecule has 0 bridgehead atoms. The lowest BCUT2D eigenvalue weighted by molar-refractivity contribution is -0.131. The van der Waals surface area contributed by atoms with Crippen LogP contribution in [0.3, 0.4) is 0 Å². The van der Waals surface area contributed by atoms with E-state index >= 15 is 0 Å². The first-order valence-corrected chi connectivity index (χ1v) is 10.5. The summed E-state index contributed by atoms with van der Waals surface area (Å²) in [4.78, 5) is 30.7. The number of piperidine rings is 1. The number of anilines is 2. The molecule has 2 amide bonds. The van der Waals surface area contributed by atoms with E-state index in [2.05, 4.69) is 30.9 Å². The molecule has 1 fully saturated rings. The van der Waals surface area contributed by atoms with Crippen LogP contribution < -0.4 is 9.80 Å². The highest BCUT2D eigenvalue weighted by Gasteiger charge is 2.17. The fourth-order valence-electron chi connectivity index (χ4n) is 3.73. The summed E-state index contributed by atoms with van der Waals surface area (Å²) in [6, 6.07) is 8.20. The van der Waals surface area contributed by atoms with E-state index in [9.17, 15) is 9.59 Å². The largest absolute Gasteiger partial charge is 0.372 e. The van der Waals surface area contributed by atoms with Crippen LogP contribution >= 0.6 is 0 Å². The summed E-state index contributed by atoms with van der Waals surface area (Å²) >= 11 is 0. The normalized spacial score (nSPS) is 14.1. The molecule has 27 heavy (non-hydrogen) atoms. The van der Waals surface area contributed by atoms with Crippen molar-refractivity contribution in [2.45, 2.75) is 59.3 Å². The Balaban J connectivity index is 1.99. The van der Waals surface area contributed by atoms with Crippen LogP contribution in [-0.4, -0.2) is 49.4 Å². The number of nitrogens with zero attached hydrogens (tertiary/aromatic N) is 3. The summed E-state index contributed by atoms with van der Waals surface area (Å²) < 4.78 is 0. The van der Waals surface area contributed by atoms with E-state index in [0.717, 1.165) is 44.7 Å². The van der Waals surface area contributed by atoms with Gasteiger partial charge >= 0.3 is 0 Å². The third kappa shape index (κ3) is 6.26. The summed E-state index contributed by atoms with van der Waals surface area (Å²) in [6.07, 6.45) is 6.09. The number of carbonyl (C=O) groups excluding carboxylic acids is 2. The van der Waals surface area contributed by atoms with Gasteiger partial charge < -0.3 is 14.7 Å². The molecule has 1 saturated heterocycles. The van der Waals surface area contributed by atoms with E-state index in [4.69, 9.17) is 0 Å². The SMILES string of the molecule is CCCN(CCC)C(=O)CCN(C(C)=O)c1ccc(N2CCCCC2)cc1. The molecular formula is C22H35N3O2. The Morgan fingerprint density at radius 3 is 2.04 bits per heavy atom. The molecule has 5 nitrogen and oxygen atoms in total. The van der Waals surface area contributed by atoms with Gasteiger partial charge in [0.1, 0.15) is 0 Å². The van der Waals surface area contributed by atoms with Gasteiger partial charge in [-0.05, 0) is 56.4 Å². The predicted octanol–water partition coefficient (Wildman–Crippen LogP) is 4.07. The Hall–Kier alpha value is -2.04. The number of carbonyl (C=O) groups is 2. The van der Waals surface area contributed by atoms with Crippen LogP contribution in [0.15, 0.2) is 24.3 Å². The lowest BCUT2D eigenvalue weighted by Crippen LogP contribution is -2.37.